The first-order chi connectivity index (χ1) is 9.72. The van der Waals surface area contributed by atoms with Gasteiger partial charge in [0.1, 0.15) is 6.04 Å². The van der Waals surface area contributed by atoms with E-state index in [1.54, 1.807) is 13.8 Å². The van der Waals surface area contributed by atoms with Crippen molar-refractivity contribution in [2.45, 2.75) is 32.4 Å². The standard InChI is InChI=1S/C13H23N3O5/c1-13(2,11(19)14-3)7-15-12(20)16-6-8(21-4)5-9(16)10(17)18/h8-9H,5-7H2,1-4H3,(H,14,19)(H,15,20)(H,17,18). The predicted octanol–water partition coefficient (Wildman–Crippen LogP) is -0.358. The molecule has 1 aliphatic rings. The van der Waals surface area contributed by atoms with Gasteiger partial charge in [-0.2, -0.15) is 0 Å². The number of nitrogens with zero attached hydrogens (tertiary/aromatic N) is 1. The minimum Gasteiger partial charge on any atom is -0.480 e. The van der Waals surface area contributed by atoms with Gasteiger partial charge in [-0.15, -0.1) is 0 Å². The largest absolute Gasteiger partial charge is 0.480 e. The summed E-state index contributed by atoms with van der Waals surface area (Å²) in [5.41, 5.74) is -0.774. The summed E-state index contributed by atoms with van der Waals surface area (Å²) >= 11 is 0. The van der Waals surface area contributed by atoms with E-state index in [4.69, 9.17) is 9.84 Å². The van der Waals surface area contributed by atoms with E-state index in [2.05, 4.69) is 10.6 Å². The van der Waals surface area contributed by atoms with Crippen LogP contribution in [0.1, 0.15) is 20.3 Å². The van der Waals surface area contributed by atoms with Crippen LogP contribution in [-0.2, 0) is 14.3 Å². The molecule has 21 heavy (non-hydrogen) atoms. The average Bonchev–Trinajstić information content (AvgIpc) is 2.88. The number of carbonyl (C=O) groups excluding carboxylic acids is 2. The first-order valence-electron chi connectivity index (χ1n) is 6.75. The number of hydrogen-bond acceptors (Lipinski definition) is 4. The van der Waals surface area contributed by atoms with E-state index < -0.39 is 23.5 Å². The summed E-state index contributed by atoms with van der Waals surface area (Å²) in [6.07, 6.45) is -0.0262. The second kappa shape index (κ2) is 6.75. The van der Waals surface area contributed by atoms with Gasteiger partial charge in [-0.1, -0.05) is 0 Å². The second-order valence-electron chi connectivity index (χ2n) is 5.72. The summed E-state index contributed by atoms with van der Waals surface area (Å²) < 4.78 is 5.12. The highest BCUT2D eigenvalue weighted by Crippen LogP contribution is 2.21. The molecule has 0 aromatic heterocycles. The van der Waals surface area contributed by atoms with E-state index in [9.17, 15) is 14.4 Å². The molecule has 0 aromatic rings. The van der Waals surface area contributed by atoms with Gasteiger partial charge in [0.25, 0.3) is 0 Å². The normalized spacial score (nSPS) is 22.0. The zero-order valence-corrected chi connectivity index (χ0v) is 12.8. The van der Waals surface area contributed by atoms with Gasteiger partial charge >= 0.3 is 12.0 Å². The van der Waals surface area contributed by atoms with E-state index in [1.165, 1.54) is 19.1 Å². The van der Waals surface area contributed by atoms with E-state index >= 15 is 0 Å². The van der Waals surface area contributed by atoms with Crippen LogP contribution in [-0.4, -0.2) is 67.3 Å². The summed E-state index contributed by atoms with van der Waals surface area (Å²) in [6.45, 7) is 3.73. The number of carbonyl (C=O) groups is 3. The third kappa shape index (κ3) is 4.07. The molecule has 1 heterocycles. The van der Waals surface area contributed by atoms with E-state index in [0.29, 0.717) is 0 Å². The molecule has 3 amide bonds. The zero-order valence-electron chi connectivity index (χ0n) is 12.8. The molecule has 3 N–H and O–H groups in total. The Labute approximate surface area is 123 Å². The molecule has 8 heteroatoms. The van der Waals surface area contributed by atoms with Crippen molar-refractivity contribution >= 4 is 17.9 Å². The Kier molecular flexibility index (Phi) is 5.54. The number of amides is 3. The quantitative estimate of drug-likeness (QED) is 0.643. The predicted molar refractivity (Wildman–Crippen MR) is 74.8 cm³/mol. The molecule has 2 atom stereocenters. The van der Waals surface area contributed by atoms with Gasteiger partial charge in [-0.3, -0.25) is 4.79 Å². The van der Waals surface area contributed by atoms with Crippen LogP contribution in [0.15, 0.2) is 0 Å². The fraction of sp³-hybridized carbons (Fsp3) is 0.769. The smallest absolute Gasteiger partial charge is 0.326 e. The van der Waals surface area contributed by atoms with Crippen molar-refractivity contribution in [3.63, 3.8) is 0 Å². The lowest BCUT2D eigenvalue weighted by Crippen LogP contribution is -2.50. The lowest BCUT2D eigenvalue weighted by molar-refractivity contribution is -0.141. The van der Waals surface area contributed by atoms with Gasteiger partial charge in [-0.25, -0.2) is 9.59 Å². The van der Waals surface area contributed by atoms with Crippen LogP contribution in [0.4, 0.5) is 4.79 Å². The maximum atomic E-state index is 12.1. The Morgan fingerprint density at radius 2 is 2.00 bits per heavy atom. The van der Waals surface area contributed by atoms with Crippen molar-refractivity contribution in [3.8, 4) is 0 Å². The number of carboxylic acids is 1. The van der Waals surface area contributed by atoms with Crippen molar-refractivity contribution < 1.29 is 24.2 Å². The fourth-order valence-corrected chi connectivity index (χ4v) is 2.24. The van der Waals surface area contributed by atoms with Crippen molar-refractivity contribution in [2.24, 2.45) is 5.41 Å². The second-order valence-corrected chi connectivity index (χ2v) is 5.72. The fourth-order valence-electron chi connectivity index (χ4n) is 2.24. The van der Waals surface area contributed by atoms with Crippen molar-refractivity contribution in [1.29, 1.82) is 0 Å². The van der Waals surface area contributed by atoms with Gasteiger partial charge in [0.15, 0.2) is 0 Å². The molecule has 0 spiro atoms. The first kappa shape index (κ1) is 17.2. The molecule has 0 bridgehead atoms. The topological polar surface area (TPSA) is 108 Å². The van der Waals surface area contributed by atoms with Gasteiger partial charge < -0.3 is 25.4 Å². The van der Waals surface area contributed by atoms with Gasteiger partial charge in [-0.05, 0) is 13.8 Å². The van der Waals surface area contributed by atoms with E-state index in [-0.39, 0.29) is 31.5 Å². The Balaban J connectivity index is 2.66. The number of likely N-dealkylation sites (tertiary alicyclic amines) is 1. The number of urea groups is 1. The SMILES string of the molecule is CNC(=O)C(C)(C)CNC(=O)N1CC(OC)CC1C(=O)O. The Bertz CT molecular complexity index is 424. The van der Waals surface area contributed by atoms with E-state index in [1.807, 2.05) is 0 Å². The van der Waals surface area contributed by atoms with Crippen LogP contribution in [0.3, 0.4) is 0 Å². The number of aliphatic carboxylic acids is 1. The highest BCUT2D eigenvalue weighted by Gasteiger charge is 2.40. The molecule has 1 aliphatic heterocycles. The van der Waals surface area contributed by atoms with Gasteiger partial charge in [0.05, 0.1) is 11.5 Å². The molecular weight excluding hydrogens is 278 g/mol. The third-order valence-electron chi connectivity index (χ3n) is 3.67. The van der Waals surface area contributed by atoms with E-state index in [0.717, 1.165) is 0 Å². The van der Waals surface area contributed by atoms with Gasteiger partial charge in [0, 0.05) is 33.7 Å². The summed E-state index contributed by atoms with van der Waals surface area (Å²) in [5, 5.41) is 14.3. The first-order valence-corrected chi connectivity index (χ1v) is 6.75. The molecule has 0 saturated carbocycles. The maximum absolute atomic E-state index is 12.1. The van der Waals surface area contributed by atoms with Crippen LogP contribution >= 0.6 is 0 Å². The minimum absolute atomic E-state index is 0.117. The number of carboxylic acid groups (broad SMARTS) is 1. The van der Waals surface area contributed by atoms with Crippen LogP contribution < -0.4 is 10.6 Å². The van der Waals surface area contributed by atoms with Crippen molar-refractivity contribution in [1.82, 2.24) is 15.5 Å². The molecule has 0 radical (unpaired) electrons. The monoisotopic (exact) mass is 301 g/mol. The average molecular weight is 301 g/mol. The summed E-state index contributed by atoms with van der Waals surface area (Å²) in [7, 11) is 3.01. The summed E-state index contributed by atoms with van der Waals surface area (Å²) in [5.74, 6) is -1.26. The van der Waals surface area contributed by atoms with Crippen LogP contribution in [0.25, 0.3) is 0 Å². The maximum Gasteiger partial charge on any atom is 0.326 e. The van der Waals surface area contributed by atoms with Crippen molar-refractivity contribution in [2.75, 3.05) is 27.2 Å². The summed E-state index contributed by atoms with van der Waals surface area (Å²) in [6, 6.07) is -1.41. The Hall–Kier alpha value is -1.83. The lowest BCUT2D eigenvalue weighted by atomic mass is 9.92. The molecule has 1 rings (SSSR count). The van der Waals surface area contributed by atoms with Crippen molar-refractivity contribution in [3.05, 3.63) is 0 Å². The molecule has 0 aromatic carbocycles. The Morgan fingerprint density at radius 1 is 1.38 bits per heavy atom. The number of methoxy groups -OCH3 is 1. The highest BCUT2D eigenvalue weighted by atomic mass is 16.5. The Morgan fingerprint density at radius 3 is 2.48 bits per heavy atom. The number of rotatable bonds is 5. The number of hydrogen-bond donors (Lipinski definition) is 3. The molecule has 120 valence electrons. The van der Waals surface area contributed by atoms with Crippen LogP contribution in [0.5, 0.6) is 0 Å². The molecule has 1 fully saturated rings. The molecule has 8 nitrogen and oxygen atoms in total. The molecular formula is C13H23N3O5. The number of nitrogens with one attached hydrogen (secondary N) is 2. The summed E-state index contributed by atoms with van der Waals surface area (Å²) in [4.78, 5) is 36.2. The molecule has 2 unspecified atom stereocenters. The van der Waals surface area contributed by atoms with Crippen LogP contribution in [0, 0.1) is 5.41 Å². The van der Waals surface area contributed by atoms with Crippen LogP contribution in [0.2, 0.25) is 0 Å². The lowest BCUT2D eigenvalue weighted by Gasteiger charge is -2.26. The highest BCUT2D eigenvalue weighted by molar-refractivity contribution is 5.85. The molecule has 1 saturated heterocycles. The zero-order chi connectivity index (χ0) is 16.2. The number of ether oxygens (including phenoxy) is 1. The minimum atomic E-state index is -1.06. The molecule has 0 aliphatic carbocycles. The third-order valence-corrected chi connectivity index (χ3v) is 3.67. The van der Waals surface area contributed by atoms with Gasteiger partial charge in [0.2, 0.25) is 5.91 Å².